The van der Waals surface area contributed by atoms with Crippen LogP contribution in [0.25, 0.3) is 0 Å². The van der Waals surface area contributed by atoms with Gasteiger partial charge in [0.2, 0.25) is 11.8 Å². The lowest BCUT2D eigenvalue weighted by Crippen LogP contribution is -2.31. The number of amides is 2. The van der Waals surface area contributed by atoms with E-state index in [1.807, 2.05) is 25.1 Å². The van der Waals surface area contributed by atoms with Crippen molar-refractivity contribution in [2.45, 2.75) is 19.8 Å². The summed E-state index contributed by atoms with van der Waals surface area (Å²) in [5.74, 6) is -0.570. The highest BCUT2D eigenvalue weighted by molar-refractivity contribution is 6.31. The van der Waals surface area contributed by atoms with Crippen molar-refractivity contribution in [2.75, 3.05) is 18.9 Å². The fraction of sp³-hybridized carbons (Fsp3) is 0.350. The fourth-order valence-electron chi connectivity index (χ4n) is 2.97. The Balaban J connectivity index is 1.51. The molecule has 1 aromatic carbocycles. The van der Waals surface area contributed by atoms with Crippen LogP contribution in [-0.2, 0) is 16.0 Å². The van der Waals surface area contributed by atoms with Crippen molar-refractivity contribution in [3.8, 4) is 0 Å². The second kappa shape index (κ2) is 7.87. The zero-order valence-corrected chi connectivity index (χ0v) is 15.7. The number of hydrogen-bond acceptors (Lipinski definition) is 3. The minimum Gasteiger partial charge on any atom is -0.345 e. The van der Waals surface area contributed by atoms with E-state index in [-0.39, 0.29) is 23.7 Å². The molecule has 2 amide bonds. The minimum absolute atomic E-state index is 0.0297. The van der Waals surface area contributed by atoms with Crippen LogP contribution in [0.3, 0.4) is 0 Å². The van der Waals surface area contributed by atoms with Gasteiger partial charge in [-0.1, -0.05) is 17.7 Å². The maximum absolute atomic E-state index is 12.5. The Kier molecular flexibility index (Phi) is 5.57. The predicted octanol–water partition coefficient (Wildman–Crippen LogP) is 3.32. The van der Waals surface area contributed by atoms with E-state index in [4.69, 9.17) is 11.6 Å². The van der Waals surface area contributed by atoms with Gasteiger partial charge >= 0.3 is 0 Å². The summed E-state index contributed by atoms with van der Waals surface area (Å²) in [5.41, 5.74) is 2.67. The minimum atomic E-state index is -0.260. The van der Waals surface area contributed by atoms with Crippen LogP contribution >= 0.6 is 11.6 Å². The first-order valence-corrected chi connectivity index (χ1v) is 9.05. The zero-order chi connectivity index (χ0) is 18.7. The molecule has 2 aromatic rings. The largest absolute Gasteiger partial charge is 0.345 e. The quantitative estimate of drug-likeness (QED) is 0.847. The summed E-state index contributed by atoms with van der Waals surface area (Å²) in [7, 11) is 1.79. The smallest absolute Gasteiger partial charge is 0.228 e. The number of hydrogen-bond donors (Lipinski definition) is 1. The van der Waals surface area contributed by atoms with Gasteiger partial charge in [0.1, 0.15) is 0 Å². The first kappa shape index (κ1) is 18.4. The Morgan fingerprint density at radius 2 is 1.96 bits per heavy atom. The molecule has 5 nitrogen and oxygen atoms in total. The SMILES string of the molecule is Cc1c(Cl)cccc1NC(=O)C1CC1C(=O)N(C)CCc1ccncc1. The summed E-state index contributed by atoms with van der Waals surface area (Å²) < 4.78 is 0. The molecule has 26 heavy (non-hydrogen) atoms. The van der Waals surface area contributed by atoms with E-state index in [1.165, 1.54) is 0 Å². The Labute approximate surface area is 158 Å². The van der Waals surface area contributed by atoms with Crippen LogP contribution < -0.4 is 5.32 Å². The van der Waals surface area contributed by atoms with Crippen LogP contribution in [-0.4, -0.2) is 35.3 Å². The average Bonchev–Trinajstić information content (AvgIpc) is 3.44. The van der Waals surface area contributed by atoms with Crippen molar-refractivity contribution in [2.24, 2.45) is 11.8 Å². The molecule has 1 aromatic heterocycles. The Bertz CT molecular complexity index is 810. The van der Waals surface area contributed by atoms with Crippen molar-refractivity contribution in [3.63, 3.8) is 0 Å². The molecular formula is C20H22ClN3O2. The maximum atomic E-state index is 12.5. The van der Waals surface area contributed by atoms with E-state index < -0.39 is 0 Å². The van der Waals surface area contributed by atoms with E-state index in [0.29, 0.717) is 23.7 Å². The molecule has 1 fully saturated rings. The second-order valence-electron chi connectivity index (χ2n) is 6.72. The number of likely N-dealkylation sites (N-methyl/N-ethyl adjacent to an activating group) is 1. The molecule has 0 bridgehead atoms. The van der Waals surface area contributed by atoms with Crippen molar-refractivity contribution in [1.82, 2.24) is 9.88 Å². The van der Waals surface area contributed by atoms with Crippen LogP contribution in [0.15, 0.2) is 42.7 Å². The molecule has 0 aliphatic heterocycles. The highest BCUT2D eigenvalue weighted by Gasteiger charge is 2.49. The number of benzene rings is 1. The fourth-order valence-corrected chi connectivity index (χ4v) is 3.14. The van der Waals surface area contributed by atoms with Crippen LogP contribution in [0, 0.1) is 18.8 Å². The lowest BCUT2D eigenvalue weighted by atomic mass is 10.1. The summed E-state index contributed by atoms with van der Waals surface area (Å²) in [4.78, 5) is 30.6. The Morgan fingerprint density at radius 1 is 1.23 bits per heavy atom. The first-order chi connectivity index (χ1) is 12.5. The van der Waals surface area contributed by atoms with Crippen molar-refractivity contribution in [3.05, 3.63) is 58.9 Å². The average molecular weight is 372 g/mol. The number of carbonyl (C=O) groups excluding carboxylic acids is 2. The van der Waals surface area contributed by atoms with Gasteiger partial charge in [0.05, 0.1) is 11.8 Å². The number of anilines is 1. The van der Waals surface area contributed by atoms with Gasteiger partial charge in [-0.05, 0) is 55.2 Å². The van der Waals surface area contributed by atoms with E-state index >= 15 is 0 Å². The highest BCUT2D eigenvalue weighted by atomic mass is 35.5. The predicted molar refractivity (Wildman–Crippen MR) is 102 cm³/mol. The highest BCUT2D eigenvalue weighted by Crippen LogP contribution is 2.41. The second-order valence-corrected chi connectivity index (χ2v) is 7.12. The van der Waals surface area contributed by atoms with E-state index in [9.17, 15) is 9.59 Å². The van der Waals surface area contributed by atoms with Crippen molar-refractivity contribution < 1.29 is 9.59 Å². The maximum Gasteiger partial charge on any atom is 0.228 e. The molecule has 1 aliphatic carbocycles. The number of aromatic nitrogens is 1. The van der Waals surface area contributed by atoms with Gasteiger partial charge in [-0.3, -0.25) is 14.6 Å². The van der Waals surface area contributed by atoms with Crippen LogP contribution in [0.5, 0.6) is 0 Å². The molecule has 1 saturated carbocycles. The third kappa shape index (κ3) is 4.22. The molecule has 1 heterocycles. The number of pyridine rings is 1. The molecule has 1 aliphatic rings. The normalized spacial score (nSPS) is 18.3. The van der Waals surface area contributed by atoms with Gasteiger partial charge in [-0.25, -0.2) is 0 Å². The number of carbonyl (C=O) groups is 2. The first-order valence-electron chi connectivity index (χ1n) is 8.67. The topological polar surface area (TPSA) is 62.3 Å². The standard InChI is InChI=1S/C20H22ClN3O2/c1-13-17(21)4-3-5-18(13)23-19(25)15-12-16(15)20(26)24(2)11-8-14-6-9-22-10-7-14/h3-7,9-10,15-16H,8,11-12H2,1-2H3,(H,23,25). The summed E-state index contributed by atoms with van der Waals surface area (Å²) in [6.45, 7) is 2.49. The molecule has 1 N–H and O–H groups in total. The number of rotatable bonds is 6. The van der Waals surface area contributed by atoms with Crippen LogP contribution in [0.4, 0.5) is 5.69 Å². The van der Waals surface area contributed by atoms with Crippen molar-refractivity contribution >= 4 is 29.1 Å². The number of nitrogens with zero attached hydrogens (tertiary/aromatic N) is 2. The summed E-state index contributed by atoms with van der Waals surface area (Å²) in [6.07, 6.45) is 4.87. The van der Waals surface area contributed by atoms with Crippen LogP contribution in [0.1, 0.15) is 17.5 Å². The van der Waals surface area contributed by atoms with E-state index in [2.05, 4.69) is 10.3 Å². The number of nitrogens with one attached hydrogen (secondary N) is 1. The molecule has 0 saturated heterocycles. The Hall–Kier alpha value is -2.40. The molecule has 0 spiro atoms. The molecule has 136 valence electrons. The van der Waals surface area contributed by atoms with Gasteiger partial charge in [0.25, 0.3) is 0 Å². The molecule has 3 rings (SSSR count). The van der Waals surface area contributed by atoms with E-state index in [1.54, 1.807) is 36.5 Å². The molecule has 6 heteroatoms. The summed E-state index contributed by atoms with van der Waals surface area (Å²) in [5, 5.41) is 3.51. The van der Waals surface area contributed by atoms with Gasteiger partial charge in [0, 0.05) is 36.7 Å². The third-order valence-corrected chi connectivity index (χ3v) is 5.24. The summed E-state index contributed by atoms with van der Waals surface area (Å²) >= 11 is 6.08. The summed E-state index contributed by atoms with van der Waals surface area (Å²) in [6, 6.07) is 9.29. The van der Waals surface area contributed by atoms with Crippen molar-refractivity contribution in [1.29, 1.82) is 0 Å². The lowest BCUT2D eigenvalue weighted by Gasteiger charge is -2.17. The lowest BCUT2D eigenvalue weighted by molar-refractivity contribution is -0.132. The molecule has 2 unspecified atom stereocenters. The number of halogens is 1. The molecule has 2 atom stereocenters. The van der Waals surface area contributed by atoms with Crippen LogP contribution in [0.2, 0.25) is 5.02 Å². The Morgan fingerprint density at radius 3 is 2.69 bits per heavy atom. The van der Waals surface area contributed by atoms with Gasteiger partial charge in [0.15, 0.2) is 0 Å². The zero-order valence-electron chi connectivity index (χ0n) is 14.9. The molecular weight excluding hydrogens is 350 g/mol. The van der Waals surface area contributed by atoms with E-state index in [0.717, 1.165) is 17.5 Å². The molecule has 0 radical (unpaired) electrons. The monoisotopic (exact) mass is 371 g/mol. The van der Waals surface area contributed by atoms with Gasteiger partial charge < -0.3 is 10.2 Å². The van der Waals surface area contributed by atoms with Gasteiger partial charge in [-0.15, -0.1) is 0 Å². The third-order valence-electron chi connectivity index (χ3n) is 4.83. The van der Waals surface area contributed by atoms with Gasteiger partial charge in [-0.2, -0.15) is 0 Å².